The number of aryl methyl sites for hydroxylation is 1. The third kappa shape index (κ3) is 6.08. The van der Waals surface area contributed by atoms with E-state index in [9.17, 15) is 0 Å². The number of benzene rings is 4. The molecule has 4 heteroatoms. The quantitative estimate of drug-likeness (QED) is 0.220. The van der Waals surface area contributed by atoms with E-state index in [2.05, 4.69) is 129 Å². The van der Waals surface area contributed by atoms with Gasteiger partial charge in [0.05, 0.1) is 0 Å². The summed E-state index contributed by atoms with van der Waals surface area (Å²) in [6.07, 6.45) is 5.80. The fraction of sp³-hybridized carbons (Fsp3) is 0.366. The second kappa shape index (κ2) is 12.3. The van der Waals surface area contributed by atoms with Gasteiger partial charge in [-0.25, -0.2) is 0 Å². The normalized spacial score (nSPS) is 17.8. The lowest BCUT2D eigenvalue weighted by atomic mass is 9.81. The maximum absolute atomic E-state index is 6.30. The number of hydrogen-bond acceptors (Lipinski definition) is 4. The average Bonchev–Trinajstić information content (AvgIpc) is 3.07. The van der Waals surface area contributed by atoms with Crippen molar-refractivity contribution in [1.29, 1.82) is 0 Å². The molecule has 0 spiro atoms. The maximum atomic E-state index is 6.30. The zero-order valence-electron chi connectivity index (χ0n) is 27.5. The zero-order valence-corrected chi connectivity index (χ0v) is 27.5. The van der Waals surface area contributed by atoms with Crippen molar-refractivity contribution in [3.63, 3.8) is 0 Å². The summed E-state index contributed by atoms with van der Waals surface area (Å²) < 4.78 is 12.5. The molecule has 0 radical (unpaired) electrons. The Hall–Kier alpha value is -4.18. The number of allylic oxidation sites excluding steroid dienone is 2. The predicted octanol–water partition coefficient (Wildman–Crippen LogP) is 10.3. The van der Waals surface area contributed by atoms with Crippen LogP contribution in [0.15, 0.2) is 84.9 Å². The highest BCUT2D eigenvalue weighted by Gasteiger charge is 2.25. The standard InChI is InChI=1S/C41H46N2O2/c1-27(2)30-10-15-38(16-11-30)42-23-36-21-34(14-19-40(36)44-25-42)32-6-8-33(9-7-32)35-20-29(5)41-37(22-35)24-43(26-45-41)39-17-12-31(13-18-39)28(3)4/h8,10-22,27-28,32H,6-7,9,23-26H2,1-5H3. The van der Waals surface area contributed by atoms with Crippen molar-refractivity contribution in [2.45, 2.75) is 84.7 Å². The van der Waals surface area contributed by atoms with Crippen LogP contribution in [0.2, 0.25) is 0 Å². The molecule has 0 saturated carbocycles. The molecule has 7 rings (SSSR count). The Bertz CT molecular complexity index is 1700. The predicted molar refractivity (Wildman–Crippen MR) is 187 cm³/mol. The Morgan fingerprint density at radius 2 is 1.31 bits per heavy atom. The van der Waals surface area contributed by atoms with Crippen LogP contribution in [0.4, 0.5) is 11.4 Å². The van der Waals surface area contributed by atoms with Gasteiger partial charge in [0.15, 0.2) is 13.5 Å². The molecule has 0 aromatic heterocycles. The first-order valence-corrected chi connectivity index (χ1v) is 16.7. The molecule has 0 saturated heterocycles. The Kier molecular flexibility index (Phi) is 8.08. The molecule has 2 heterocycles. The van der Waals surface area contributed by atoms with Crippen molar-refractivity contribution < 1.29 is 9.47 Å². The van der Waals surface area contributed by atoms with Gasteiger partial charge in [-0.15, -0.1) is 0 Å². The van der Waals surface area contributed by atoms with E-state index in [1.54, 1.807) is 0 Å². The first-order valence-electron chi connectivity index (χ1n) is 16.7. The van der Waals surface area contributed by atoms with Crippen LogP contribution in [-0.2, 0) is 13.1 Å². The molecule has 3 aliphatic rings. The van der Waals surface area contributed by atoms with E-state index in [4.69, 9.17) is 9.47 Å². The van der Waals surface area contributed by atoms with Gasteiger partial charge < -0.3 is 19.3 Å². The topological polar surface area (TPSA) is 24.9 Å². The molecule has 4 aromatic rings. The SMILES string of the molecule is Cc1cc(C2=CCC(c3ccc4c(c3)CN(c3ccc(C(C)C)cc3)CO4)CC2)cc2c1OCN(c1ccc(C(C)C)cc1)C2. The van der Waals surface area contributed by atoms with Crippen LogP contribution in [0, 0.1) is 6.92 Å². The number of nitrogens with zero attached hydrogens (tertiary/aromatic N) is 2. The van der Waals surface area contributed by atoms with Gasteiger partial charge in [0.2, 0.25) is 0 Å². The van der Waals surface area contributed by atoms with Crippen molar-refractivity contribution in [3.8, 4) is 11.5 Å². The van der Waals surface area contributed by atoms with Crippen LogP contribution in [0.3, 0.4) is 0 Å². The van der Waals surface area contributed by atoms with E-state index in [0.29, 0.717) is 31.2 Å². The monoisotopic (exact) mass is 598 g/mol. The van der Waals surface area contributed by atoms with Crippen molar-refractivity contribution in [3.05, 3.63) is 124 Å². The number of rotatable bonds is 6. The van der Waals surface area contributed by atoms with Gasteiger partial charge in [0, 0.05) is 35.6 Å². The van der Waals surface area contributed by atoms with Crippen LogP contribution in [0.5, 0.6) is 11.5 Å². The van der Waals surface area contributed by atoms with Crippen LogP contribution in [0.1, 0.15) is 104 Å². The van der Waals surface area contributed by atoms with Crippen LogP contribution in [-0.4, -0.2) is 13.5 Å². The zero-order chi connectivity index (χ0) is 31.1. The van der Waals surface area contributed by atoms with Crippen molar-refractivity contribution >= 4 is 16.9 Å². The fourth-order valence-corrected chi connectivity index (χ4v) is 7.14. The fourth-order valence-electron chi connectivity index (χ4n) is 7.14. The molecule has 45 heavy (non-hydrogen) atoms. The smallest absolute Gasteiger partial charge is 0.161 e. The molecule has 232 valence electrons. The summed E-state index contributed by atoms with van der Waals surface area (Å²) >= 11 is 0. The third-order valence-electron chi connectivity index (χ3n) is 10.0. The minimum absolute atomic E-state index is 0.533. The first-order chi connectivity index (χ1) is 21.8. The molecule has 1 unspecified atom stereocenters. The summed E-state index contributed by atoms with van der Waals surface area (Å²) in [4.78, 5) is 4.67. The highest BCUT2D eigenvalue weighted by atomic mass is 16.5. The summed E-state index contributed by atoms with van der Waals surface area (Å²) in [5.74, 6) is 3.70. The minimum atomic E-state index is 0.533. The number of ether oxygens (including phenoxy) is 2. The highest BCUT2D eigenvalue weighted by molar-refractivity contribution is 5.70. The largest absolute Gasteiger partial charge is 0.473 e. The van der Waals surface area contributed by atoms with Crippen LogP contribution in [0.25, 0.3) is 5.57 Å². The van der Waals surface area contributed by atoms with Crippen molar-refractivity contribution in [2.24, 2.45) is 0 Å². The van der Waals surface area contributed by atoms with E-state index in [0.717, 1.165) is 43.9 Å². The number of fused-ring (bicyclic) bond motifs is 2. The lowest BCUT2D eigenvalue weighted by Gasteiger charge is -2.33. The molecule has 0 N–H and O–H groups in total. The Morgan fingerprint density at radius 1 is 0.689 bits per heavy atom. The minimum Gasteiger partial charge on any atom is -0.473 e. The van der Waals surface area contributed by atoms with Gasteiger partial charge in [-0.1, -0.05) is 70.2 Å². The summed E-state index contributed by atoms with van der Waals surface area (Å²) in [7, 11) is 0. The van der Waals surface area contributed by atoms with Gasteiger partial charge in [-0.3, -0.25) is 0 Å². The summed E-state index contributed by atoms with van der Waals surface area (Å²) in [5, 5.41) is 0. The molecule has 1 aliphatic carbocycles. The first kappa shape index (κ1) is 29.5. The molecular weight excluding hydrogens is 552 g/mol. The Labute approximate surface area is 269 Å². The number of anilines is 2. The summed E-state index contributed by atoms with van der Waals surface area (Å²) in [6, 6.07) is 29.5. The second-order valence-electron chi connectivity index (χ2n) is 13.8. The molecule has 0 bridgehead atoms. The van der Waals surface area contributed by atoms with Gasteiger partial charge in [0.25, 0.3) is 0 Å². The van der Waals surface area contributed by atoms with Crippen molar-refractivity contribution in [2.75, 3.05) is 23.3 Å². The molecule has 0 fully saturated rings. The van der Waals surface area contributed by atoms with Gasteiger partial charge in [-0.05, 0) is 120 Å². The van der Waals surface area contributed by atoms with Crippen LogP contribution >= 0.6 is 0 Å². The molecule has 1 atom stereocenters. The lowest BCUT2D eigenvalue weighted by molar-refractivity contribution is 0.287. The van der Waals surface area contributed by atoms with E-state index in [1.165, 1.54) is 55.9 Å². The van der Waals surface area contributed by atoms with E-state index in [-0.39, 0.29) is 0 Å². The molecular formula is C41H46N2O2. The second-order valence-corrected chi connectivity index (χ2v) is 13.8. The Morgan fingerprint density at radius 3 is 1.91 bits per heavy atom. The molecule has 2 aliphatic heterocycles. The van der Waals surface area contributed by atoms with E-state index < -0.39 is 0 Å². The van der Waals surface area contributed by atoms with Crippen molar-refractivity contribution in [1.82, 2.24) is 0 Å². The maximum Gasteiger partial charge on any atom is 0.161 e. The summed E-state index contributed by atoms with van der Waals surface area (Å²) in [5.41, 5.74) is 13.2. The van der Waals surface area contributed by atoms with Gasteiger partial charge in [0.1, 0.15) is 11.5 Å². The van der Waals surface area contributed by atoms with Crippen LogP contribution < -0.4 is 19.3 Å². The average molecular weight is 599 g/mol. The van der Waals surface area contributed by atoms with Gasteiger partial charge in [-0.2, -0.15) is 0 Å². The lowest BCUT2D eigenvalue weighted by Crippen LogP contribution is -2.32. The van der Waals surface area contributed by atoms with E-state index >= 15 is 0 Å². The highest BCUT2D eigenvalue weighted by Crippen LogP contribution is 2.41. The molecule has 4 aromatic carbocycles. The van der Waals surface area contributed by atoms with E-state index in [1.807, 2.05) is 0 Å². The summed E-state index contributed by atoms with van der Waals surface area (Å²) in [6.45, 7) is 14.1. The third-order valence-corrected chi connectivity index (χ3v) is 10.0. The number of hydrogen-bond donors (Lipinski definition) is 0. The Balaban J connectivity index is 1.04. The van der Waals surface area contributed by atoms with Gasteiger partial charge >= 0.3 is 0 Å². The molecule has 0 amide bonds. The molecule has 4 nitrogen and oxygen atoms in total.